The molecule has 1 N–H and O–H groups in total. The maximum absolute atomic E-state index is 13.2. The lowest BCUT2D eigenvalue weighted by Crippen LogP contribution is -2.33. The van der Waals surface area contributed by atoms with E-state index in [1.54, 1.807) is 27.1 Å². The third kappa shape index (κ3) is 3.26. The van der Waals surface area contributed by atoms with Gasteiger partial charge in [0.1, 0.15) is 11.2 Å². The Kier molecular flexibility index (Phi) is 4.96. The van der Waals surface area contributed by atoms with Crippen LogP contribution in [-0.4, -0.2) is 48.6 Å². The molecule has 1 aliphatic carbocycles. The van der Waals surface area contributed by atoms with Crippen LogP contribution >= 0.6 is 11.3 Å². The molecule has 30 heavy (non-hydrogen) atoms. The quantitative estimate of drug-likeness (QED) is 0.534. The number of benzene rings is 1. The molecule has 1 aromatic carbocycles. The SMILES string of the molecule is C[C@H]1CCCc2sc3ncn4nc(C(=O)N(CCO)Cc5ccccc5)nc4c3c21. The van der Waals surface area contributed by atoms with E-state index in [-0.39, 0.29) is 24.9 Å². The van der Waals surface area contributed by atoms with Crippen LogP contribution in [0.5, 0.6) is 0 Å². The van der Waals surface area contributed by atoms with Crippen molar-refractivity contribution in [1.29, 1.82) is 0 Å². The molecule has 0 unspecified atom stereocenters. The number of aliphatic hydroxyl groups excluding tert-OH is 1. The van der Waals surface area contributed by atoms with Gasteiger partial charge in [0, 0.05) is 18.0 Å². The summed E-state index contributed by atoms with van der Waals surface area (Å²) in [4.78, 5) is 26.4. The van der Waals surface area contributed by atoms with Crippen molar-refractivity contribution in [3.05, 3.63) is 58.5 Å². The van der Waals surface area contributed by atoms with Crippen LogP contribution in [0.4, 0.5) is 0 Å². The van der Waals surface area contributed by atoms with Crippen LogP contribution in [0.15, 0.2) is 36.7 Å². The zero-order valence-electron chi connectivity index (χ0n) is 16.8. The molecule has 3 heterocycles. The molecule has 1 amide bonds. The van der Waals surface area contributed by atoms with Crippen LogP contribution in [0.25, 0.3) is 15.9 Å². The molecule has 0 saturated heterocycles. The number of nitrogens with zero attached hydrogens (tertiary/aromatic N) is 5. The van der Waals surface area contributed by atoms with Gasteiger partial charge in [-0.15, -0.1) is 16.4 Å². The predicted octanol–water partition coefficient (Wildman–Crippen LogP) is 3.41. The molecule has 0 radical (unpaired) electrons. The van der Waals surface area contributed by atoms with E-state index in [0.29, 0.717) is 18.1 Å². The minimum absolute atomic E-state index is 0.118. The Morgan fingerprint density at radius 3 is 2.97 bits per heavy atom. The maximum atomic E-state index is 13.2. The number of carbonyl (C=O) groups is 1. The average molecular weight is 422 g/mol. The molecule has 0 bridgehead atoms. The summed E-state index contributed by atoms with van der Waals surface area (Å²) in [7, 11) is 0. The molecule has 7 nitrogen and oxygen atoms in total. The number of amides is 1. The lowest BCUT2D eigenvalue weighted by molar-refractivity contribution is 0.0696. The minimum Gasteiger partial charge on any atom is -0.395 e. The van der Waals surface area contributed by atoms with Crippen LogP contribution in [0.3, 0.4) is 0 Å². The molecular weight excluding hydrogens is 398 g/mol. The number of aromatic nitrogens is 4. The molecule has 1 atom stereocenters. The van der Waals surface area contributed by atoms with Gasteiger partial charge in [-0.1, -0.05) is 37.3 Å². The van der Waals surface area contributed by atoms with Gasteiger partial charge in [0.2, 0.25) is 5.82 Å². The lowest BCUT2D eigenvalue weighted by Gasteiger charge is -2.20. The van der Waals surface area contributed by atoms with Crippen LogP contribution in [0, 0.1) is 0 Å². The summed E-state index contributed by atoms with van der Waals surface area (Å²) in [5.41, 5.74) is 3.01. The Hall–Kier alpha value is -2.84. The Morgan fingerprint density at radius 1 is 1.33 bits per heavy atom. The van der Waals surface area contributed by atoms with Gasteiger partial charge in [-0.2, -0.15) is 0 Å². The van der Waals surface area contributed by atoms with Crippen LogP contribution in [0.2, 0.25) is 0 Å². The highest BCUT2D eigenvalue weighted by molar-refractivity contribution is 7.19. The molecule has 0 fully saturated rings. The molecule has 0 spiro atoms. The van der Waals surface area contributed by atoms with E-state index in [1.807, 2.05) is 30.3 Å². The zero-order chi connectivity index (χ0) is 20.7. The van der Waals surface area contributed by atoms with E-state index in [2.05, 4.69) is 22.0 Å². The van der Waals surface area contributed by atoms with E-state index >= 15 is 0 Å². The smallest absolute Gasteiger partial charge is 0.293 e. The predicted molar refractivity (Wildman–Crippen MR) is 116 cm³/mol. The van der Waals surface area contributed by atoms with Gasteiger partial charge >= 0.3 is 0 Å². The molecule has 1 aliphatic rings. The number of aliphatic hydroxyl groups is 1. The molecule has 5 rings (SSSR count). The maximum Gasteiger partial charge on any atom is 0.293 e. The highest BCUT2D eigenvalue weighted by Gasteiger charge is 2.27. The third-order valence-electron chi connectivity index (χ3n) is 5.74. The van der Waals surface area contributed by atoms with E-state index in [0.717, 1.165) is 28.6 Å². The molecule has 0 aliphatic heterocycles. The van der Waals surface area contributed by atoms with Gasteiger partial charge in [-0.05, 0) is 36.3 Å². The second-order valence-corrected chi connectivity index (χ2v) is 8.88. The van der Waals surface area contributed by atoms with Crippen molar-refractivity contribution in [2.45, 2.75) is 38.6 Å². The summed E-state index contributed by atoms with van der Waals surface area (Å²) in [5.74, 6) is 0.300. The summed E-state index contributed by atoms with van der Waals surface area (Å²) < 4.78 is 1.61. The van der Waals surface area contributed by atoms with Crippen molar-refractivity contribution in [3.63, 3.8) is 0 Å². The highest BCUT2D eigenvalue weighted by Crippen LogP contribution is 2.42. The molecule has 4 aromatic rings. The van der Waals surface area contributed by atoms with Gasteiger partial charge < -0.3 is 10.0 Å². The number of hydrogen-bond donors (Lipinski definition) is 1. The zero-order valence-corrected chi connectivity index (χ0v) is 17.6. The van der Waals surface area contributed by atoms with E-state index < -0.39 is 0 Å². The monoisotopic (exact) mass is 421 g/mol. The van der Waals surface area contributed by atoms with E-state index in [9.17, 15) is 9.90 Å². The minimum atomic E-state index is -0.290. The second-order valence-electron chi connectivity index (χ2n) is 7.80. The summed E-state index contributed by atoms with van der Waals surface area (Å²) in [5, 5.41) is 14.9. The van der Waals surface area contributed by atoms with Crippen molar-refractivity contribution in [1.82, 2.24) is 24.5 Å². The second kappa shape index (κ2) is 7.77. The summed E-state index contributed by atoms with van der Waals surface area (Å²) >= 11 is 1.73. The topological polar surface area (TPSA) is 83.6 Å². The standard InChI is InChI=1S/C22H23N5O2S/c1-14-6-5-9-16-17(14)18-20-24-19(25-27(20)13-23-21(18)30-16)22(29)26(10-11-28)12-15-7-3-2-4-8-15/h2-4,7-8,13-14,28H,5-6,9-12H2,1H3/t14-/m0/s1. The van der Waals surface area contributed by atoms with Crippen molar-refractivity contribution >= 4 is 33.1 Å². The fourth-order valence-electron chi connectivity index (χ4n) is 4.29. The number of fused-ring (bicyclic) bond motifs is 5. The van der Waals surface area contributed by atoms with Crippen molar-refractivity contribution in [2.75, 3.05) is 13.2 Å². The number of carbonyl (C=O) groups excluding carboxylic acids is 1. The molecule has 0 saturated carbocycles. The first kappa shape index (κ1) is 19.1. The number of hydrogen-bond acceptors (Lipinski definition) is 6. The van der Waals surface area contributed by atoms with Crippen LogP contribution < -0.4 is 0 Å². The number of thiophene rings is 1. The summed E-state index contributed by atoms with van der Waals surface area (Å²) in [6.07, 6.45) is 5.07. The Bertz CT molecular complexity index is 1220. The molecular formula is C22H23N5O2S. The van der Waals surface area contributed by atoms with Gasteiger partial charge in [-0.25, -0.2) is 14.5 Å². The Labute approximate surface area is 178 Å². The van der Waals surface area contributed by atoms with Gasteiger partial charge in [0.05, 0.1) is 12.0 Å². The Balaban J connectivity index is 1.56. The first-order chi connectivity index (χ1) is 14.7. The molecule has 8 heteroatoms. The first-order valence-electron chi connectivity index (χ1n) is 10.3. The van der Waals surface area contributed by atoms with Crippen LogP contribution in [0.1, 0.15) is 52.3 Å². The van der Waals surface area contributed by atoms with Crippen molar-refractivity contribution < 1.29 is 9.90 Å². The van der Waals surface area contributed by atoms with E-state index in [1.165, 1.54) is 16.9 Å². The number of aryl methyl sites for hydroxylation is 1. The largest absolute Gasteiger partial charge is 0.395 e. The van der Waals surface area contributed by atoms with Gasteiger partial charge in [-0.3, -0.25) is 4.79 Å². The fraction of sp³-hybridized carbons (Fsp3) is 0.364. The fourth-order valence-corrected chi connectivity index (χ4v) is 5.59. The van der Waals surface area contributed by atoms with E-state index in [4.69, 9.17) is 0 Å². The lowest BCUT2D eigenvalue weighted by atomic mass is 9.87. The average Bonchev–Trinajstić information content (AvgIpc) is 3.35. The molecule has 154 valence electrons. The normalized spacial score (nSPS) is 16.1. The number of rotatable bonds is 5. The summed E-state index contributed by atoms with van der Waals surface area (Å²) in [6, 6.07) is 9.72. The van der Waals surface area contributed by atoms with Gasteiger partial charge in [0.15, 0.2) is 5.65 Å². The van der Waals surface area contributed by atoms with Crippen LogP contribution in [-0.2, 0) is 13.0 Å². The molecule has 3 aromatic heterocycles. The highest BCUT2D eigenvalue weighted by atomic mass is 32.1. The Morgan fingerprint density at radius 2 is 2.17 bits per heavy atom. The first-order valence-corrected chi connectivity index (χ1v) is 11.1. The third-order valence-corrected chi connectivity index (χ3v) is 6.91. The van der Waals surface area contributed by atoms with Crippen molar-refractivity contribution in [2.24, 2.45) is 0 Å². The summed E-state index contributed by atoms with van der Waals surface area (Å²) in [6.45, 7) is 2.75. The van der Waals surface area contributed by atoms with Gasteiger partial charge in [0.25, 0.3) is 5.91 Å². The van der Waals surface area contributed by atoms with Crippen molar-refractivity contribution in [3.8, 4) is 0 Å².